The molecule has 0 saturated carbocycles. The average molecular weight is 387 g/mol. The van der Waals surface area contributed by atoms with Crippen LogP contribution < -0.4 is 5.32 Å². The van der Waals surface area contributed by atoms with Crippen LogP contribution in [0.2, 0.25) is 0 Å². The standard InChI is InChI=1S/C22H21N5O2/c1-15-12-16(22(29)27-10-4-5-11-27)7-8-18(15)26-21(28)17-13-24-20(25-14-17)19-6-2-3-9-23-19/h2-3,6-9,12-14H,4-5,10-11H2,1H3,(H,26,28). The number of nitrogens with zero attached hydrogens (tertiary/aromatic N) is 4. The molecule has 1 aliphatic heterocycles. The van der Waals surface area contributed by atoms with Crippen LogP contribution in [0.1, 0.15) is 39.1 Å². The van der Waals surface area contributed by atoms with E-state index in [1.165, 1.54) is 12.4 Å². The molecule has 3 aromatic rings. The molecule has 3 heterocycles. The summed E-state index contributed by atoms with van der Waals surface area (Å²) in [7, 11) is 0. The number of rotatable bonds is 4. The van der Waals surface area contributed by atoms with Crippen LogP contribution >= 0.6 is 0 Å². The lowest BCUT2D eigenvalue weighted by Crippen LogP contribution is -2.27. The molecular formula is C22H21N5O2. The van der Waals surface area contributed by atoms with Gasteiger partial charge in [0, 0.05) is 42.9 Å². The summed E-state index contributed by atoms with van der Waals surface area (Å²) >= 11 is 0. The molecule has 7 heteroatoms. The van der Waals surface area contributed by atoms with Gasteiger partial charge in [-0.2, -0.15) is 0 Å². The second-order valence-electron chi connectivity index (χ2n) is 6.99. The third kappa shape index (κ3) is 4.13. The lowest BCUT2D eigenvalue weighted by atomic mass is 10.1. The second kappa shape index (κ2) is 8.18. The Balaban J connectivity index is 1.46. The minimum Gasteiger partial charge on any atom is -0.339 e. The van der Waals surface area contributed by atoms with Crippen molar-refractivity contribution in [3.05, 3.63) is 71.7 Å². The smallest absolute Gasteiger partial charge is 0.258 e. The molecule has 0 unspecified atom stereocenters. The maximum Gasteiger partial charge on any atom is 0.258 e. The minimum absolute atomic E-state index is 0.0435. The molecule has 0 spiro atoms. The topological polar surface area (TPSA) is 88.1 Å². The summed E-state index contributed by atoms with van der Waals surface area (Å²) < 4.78 is 0. The number of anilines is 1. The van der Waals surface area contributed by atoms with Gasteiger partial charge in [-0.05, 0) is 55.7 Å². The van der Waals surface area contributed by atoms with E-state index >= 15 is 0 Å². The van der Waals surface area contributed by atoms with E-state index in [-0.39, 0.29) is 11.8 Å². The summed E-state index contributed by atoms with van der Waals surface area (Å²) in [5, 5.41) is 2.86. The van der Waals surface area contributed by atoms with Gasteiger partial charge in [0.1, 0.15) is 5.69 Å². The zero-order valence-corrected chi connectivity index (χ0v) is 16.1. The molecule has 29 heavy (non-hydrogen) atoms. The van der Waals surface area contributed by atoms with Gasteiger partial charge in [-0.1, -0.05) is 6.07 Å². The Labute approximate surface area is 168 Å². The molecule has 4 rings (SSSR count). The predicted octanol–water partition coefficient (Wildman–Crippen LogP) is 3.34. The lowest BCUT2D eigenvalue weighted by molar-refractivity contribution is 0.0792. The first kappa shape index (κ1) is 18.7. The van der Waals surface area contributed by atoms with Crippen molar-refractivity contribution < 1.29 is 9.59 Å². The summed E-state index contributed by atoms with van der Waals surface area (Å²) in [6.45, 7) is 3.49. The molecule has 1 aliphatic rings. The molecule has 2 amide bonds. The predicted molar refractivity (Wildman–Crippen MR) is 110 cm³/mol. The number of hydrogen-bond donors (Lipinski definition) is 1. The highest BCUT2D eigenvalue weighted by Crippen LogP contribution is 2.20. The molecule has 0 bridgehead atoms. The number of likely N-dealkylation sites (tertiary alicyclic amines) is 1. The number of carbonyl (C=O) groups excluding carboxylic acids is 2. The first-order valence-corrected chi connectivity index (χ1v) is 9.56. The molecule has 0 atom stereocenters. The van der Waals surface area contributed by atoms with Crippen LogP contribution in [-0.4, -0.2) is 44.8 Å². The molecule has 1 saturated heterocycles. The van der Waals surface area contributed by atoms with Crippen molar-refractivity contribution in [3.8, 4) is 11.5 Å². The van der Waals surface area contributed by atoms with Crippen molar-refractivity contribution in [2.24, 2.45) is 0 Å². The van der Waals surface area contributed by atoms with E-state index in [1.807, 2.05) is 36.1 Å². The van der Waals surface area contributed by atoms with Gasteiger partial charge in [-0.25, -0.2) is 9.97 Å². The molecule has 146 valence electrons. The number of benzene rings is 1. The normalized spacial score (nSPS) is 13.3. The Bertz CT molecular complexity index is 1030. The number of pyridine rings is 1. The zero-order valence-electron chi connectivity index (χ0n) is 16.1. The van der Waals surface area contributed by atoms with E-state index < -0.39 is 0 Å². The number of hydrogen-bond acceptors (Lipinski definition) is 5. The number of amides is 2. The van der Waals surface area contributed by atoms with Crippen molar-refractivity contribution in [1.29, 1.82) is 0 Å². The Morgan fingerprint density at radius 3 is 2.38 bits per heavy atom. The molecule has 0 aliphatic carbocycles. The molecular weight excluding hydrogens is 366 g/mol. The molecule has 1 N–H and O–H groups in total. The van der Waals surface area contributed by atoms with E-state index in [0.717, 1.165) is 31.5 Å². The van der Waals surface area contributed by atoms with Crippen molar-refractivity contribution in [2.75, 3.05) is 18.4 Å². The quantitative estimate of drug-likeness (QED) is 0.742. The highest BCUT2D eigenvalue weighted by Gasteiger charge is 2.20. The van der Waals surface area contributed by atoms with Gasteiger partial charge >= 0.3 is 0 Å². The van der Waals surface area contributed by atoms with Crippen molar-refractivity contribution in [3.63, 3.8) is 0 Å². The summed E-state index contributed by atoms with van der Waals surface area (Å²) in [6.07, 6.45) is 6.74. The Kier molecular flexibility index (Phi) is 5.29. The molecule has 0 radical (unpaired) electrons. The van der Waals surface area contributed by atoms with Gasteiger partial charge in [-0.3, -0.25) is 14.6 Å². The fourth-order valence-corrected chi connectivity index (χ4v) is 3.31. The first-order chi connectivity index (χ1) is 14.1. The zero-order chi connectivity index (χ0) is 20.2. The monoisotopic (exact) mass is 387 g/mol. The lowest BCUT2D eigenvalue weighted by Gasteiger charge is -2.16. The van der Waals surface area contributed by atoms with E-state index in [0.29, 0.717) is 28.3 Å². The van der Waals surface area contributed by atoms with Crippen LogP contribution in [-0.2, 0) is 0 Å². The maximum absolute atomic E-state index is 12.6. The van der Waals surface area contributed by atoms with Crippen LogP contribution in [0, 0.1) is 6.92 Å². The fraction of sp³-hybridized carbons (Fsp3) is 0.227. The molecule has 1 fully saturated rings. The number of aryl methyl sites for hydroxylation is 1. The Morgan fingerprint density at radius 1 is 0.966 bits per heavy atom. The maximum atomic E-state index is 12.6. The van der Waals surface area contributed by atoms with Crippen LogP contribution in [0.5, 0.6) is 0 Å². The minimum atomic E-state index is -0.306. The van der Waals surface area contributed by atoms with Crippen LogP contribution in [0.3, 0.4) is 0 Å². The van der Waals surface area contributed by atoms with Gasteiger partial charge in [0.25, 0.3) is 11.8 Å². The molecule has 1 aromatic carbocycles. The summed E-state index contributed by atoms with van der Waals surface area (Å²) in [6, 6.07) is 10.8. The van der Waals surface area contributed by atoms with Crippen molar-refractivity contribution in [2.45, 2.75) is 19.8 Å². The fourth-order valence-electron chi connectivity index (χ4n) is 3.31. The van der Waals surface area contributed by atoms with Gasteiger partial charge in [0.15, 0.2) is 5.82 Å². The molecule has 7 nitrogen and oxygen atoms in total. The van der Waals surface area contributed by atoms with Gasteiger partial charge in [-0.15, -0.1) is 0 Å². The highest BCUT2D eigenvalue weighted by atomic mass is 16.2. The summed E-state index contributed by atoms with van der Waals surface area (Å²) in [4.78, 5) is 39.6. The second-order valence-corrected chi connectivity index (χ2v) is 6.99. The number of aromatic nitrogens is 3. The van der Waals surface area contributed by atoms with Gasteiger partial charge < -0.3 is 10.2 Å². The van der Waals surface area contributed by atoms with E-state index in [4.69, 9.17) is 0 Å². The van der Waals surface area contributed by atoms with E-state index in [2.05, 4.69) is 20.3 Å². The number of carbonyl (C=O) groups is 2. The third-order valence-corrected chi connectivity index (χ3v) is 4.92. The van der Waals surface area contributed by atoms with Gasteiger partial charge in [0.2, 0.25) is 0 Å². The SMILES string of the molecule is Cc1cc(C(=O)N2CCCC2)ccc1NC(=O)c1cnc(-c2ccccn2)nc1. The van der Waals surface area contributed by atoms with Crippen molar-refractivity contribution in [1.82, 2.24) is 19.9 Å². The Hall–Kier alpha value is -3.61. The van der Waals surface area contributed by atoms with Crippen LogP contribution in [0.4, 0.5) is 5.69 Å². The van der Waals surface area contributed by atoms with Crippen LogP contribution in [0.25, 0.3) is 11.5 Å². The average Bonchev–Trinajstić information content (AvgIpc) is 3.30. The first-order valence-electron chi connectivity index (χ1n) is 9.56. The highest BCUT2D eigenvalue weighted by molar-refractivity contribution is 6.04. The van der Waals surface area contributed by atoms with Crippen LogP contribution in [0.15, 0.2) is 55.0 Å². The summed E-state index contributed by atoms with van der Waals surface area (Å²) in [5.41, 5.74) is 3.12. The molecule has 2 aromatic heterocycles. The van der Waals surface area contributed by atoms with Gasteiger partial charge in [0.05, 0.1) is 5.56 Å². The number of nitrogens with one attached hydrogen (secondary N) is 1. The van der Waals surface area contributed by atoms with E-state index in [9.17, 15) is 9.59 Å². The Morgan fingerprint density at radius 2 is 1.72 bits per heavy atom. The largest absolute Gasteiger partial charge is 0.339 e. The van der Waals surface area contributed by atoms with E-state index in [1.54, 1.807) is 18.3 Å². The third-order valence-electron chi connectivity index (χ3n) is 4.92. The summed E-state index contributed by atoms with van der Waals surface area (Å²) in [5.74, 6) is 0.199. The van der Waals surface area contributed by atoms with Crippen molar-refractivity contribution >= 4 is 17.5 Å².